The zero-order chi connectivity index (χ0) is 12.5. The van der Waals surface area contributed by atoms with Crippen LogP contribution >= 0.6 is 0 Å². The van der Waals surface area contributed by atoms with Gasteiger partial charge in [0.2, 0.25) is 0 Å². The van der Waals surface area contributed by atoms with E-state index in [1.165, 1.54) is 38.5 Å². The number of rotatable bonds is 2. The van der Waals surface area contributed by atoms with Gasteiger partial charge in [-0.15, -0.1) is 0 Å². The summed E-state index contributed by atoms with van der Waals surface area (Å²) in [5, 5.41) is 8.93. The third kappa shape index (κ3) is 2.65. The van der Waals surface area contributed by atoms with Crippen LogP contribution in [0.5, 0.6) is 0 Å². The van der Waals surface area contributed by atoms with Gasteiger partial charge in [0.05, 0.1) is 6.61 Å². The maximum atomic E-state index is 8.93. The molecule has 1 nitrogen and oxygen atoms in total. The summed E-state index contributed by atoms with van der Waals surface area (Å²) in [5.74, 6) is 0. The molecule has 0 fully saturated rings. The van der Waals surface area contributed by atoms with Gasteiger partial charge >= 0.3 is 0 Å². The Labute approximate surface area is 106 Å². The molecule has 0 saturated carbocycles. The molecule has 2 aliphatic rings. The van der Waals surface area contributed by atoms with Crippen molar-refractivity contribution >= 4 is 0 Å². The van der Waals surface area contributed by atoms with Crippen LogP contribution in [-0.4, -0.2) is 11.7 Å². The molecule has 0 aromatic carbocycles. The number of aliphatic hydroxyl groups excluding tert-OH is 1. The van der Waals surface area contributed by atoms with Crippen LogP contribution in [0.4, 0.5) is 0 Å². The Hall–Kier alpha value is -0.560. The van der Waals surface area contributed by atoms with E-state index in [-0.39, 0.29) is 12.0 Å². The Bertz CT molecular complexity index is 349. The van der Waals surface area contributed by atoms with E-state index in [4.69, 9.17) is 5.11 Å². The summed E-state index contributed by atoms with van der Waals surface area (Å²) in [6.07, 6.45) is 11.9. The standard InChI is InChI=1S/C16H26O/c1-15(2)8-4-6-13-12-16(3,9-5-11-17)10-7-14(13)15/h5,9,17H,4,6-8,10-12H2,1-3H3/b9-5+. The fraction of sp³-hybridized carbons (Fsp3) is 0.750. The van der Waals surface area contributed by atoms with Gasteiger partial charge in [-0.25, -0.2) is 0 Å². The van der Waals surface area contributed by atoms with Gasteiger partial charge in [-0.05, 0) is 49.4 Å². The fourth-order valence-corrected chi connectivity index (χ4v) is 3.70. The summed E-state index contributed by atoms with van der Waals surface area (Å²) in [6.45, 7) is 7.33. The summed E-state index contributed by atoms with van der Waals surface area (Å²) in [7, 11) is 0. The Morgan fingerprint density at radius 1 is 1.18 bits per heavy atom. The summed E-state index contributed by atoms with van der Waals surface area (Å²) in [4.78, 5) is 0. The Kier molecular flexibility index (Phi) is 3.49. The molecule has 0 bridgehead atoms. The van der Waals surface area contributed by atoms with Crippen molar-refractivity contribution in [2.75, 3.05) is 6.61 Å². The lowest BCUT2D eigenvalue weighted by molar-refractivity contribution is 0.276. The second-order valence-electron chi connectivity index (χ2n) is 6.74. The number of allylic oxidation sites excluding steroid dienone is 3. The van der Waals surface area contributed by atoms with Crippen molar-refractivity contribution in [3.63, 3.8) is 0 Å². The van der Waals surface area contributed by atoms with Crippen LogP contribution in [0.15, 0.2) is 23.3 Å². The molecule has 0 aromatic heterocycles. The average Bonchev–Trinajstić information content (AvgIpc) is 2.25. The summed E-state index contributed by atoms with van der Waals surface area (Å²) >= 11 is 0. The molecule has 1 heteroatoms. The van der Waals surface area contributed by atoms with Crippen molar-refractivity contribution in [2.45, 2.75) is 59.3 Å². The molecular formula is C16H26O. The van der Waals surface area contributed by atoms with E-state index < -0.39 is 0 Å². The number of aliphatic hydroxyl groups is 1. The van der Waals surface area contributed by atoms with Crippen LogP contribution in [0.2, 0.25) is 0 Å². The molecule has 0 saturated heterocycles. The smallest absolute Gasteiger partial charge is 0.0612 e. The highest BCUT2D eigenvalue weighted by atomic mass is 16.2. The third-order valence-corrected chi connectivity index (χ3v) is 4.71. The van der Waals surface area contributed by atoms with Crippen LogP contribution in [0.3, 0.4) is 0 Å². The van der Waals surface area contributed by atoms with Gasteiger partial charge in [0, 0.05) is 0 Å². The highest BCUT2D eigenvalue weighted by Gasteiger charge is 2.36. The minimum atomic E-state index is 0.174. The van der Waals surface area contributed by atoms with Crippen molar-refractivity contribution in [3.8, 4) is 0 Å². The van der Waals surface area contributed by atoms with Crippen molar-refractivity contribution in [1.82, 2.24) is 0 Å². The van der Waals surface area contributed by atoms with E-state index in [9.17, 15) is 0 Å². The first-order valence-electron chi connectivity index (χ1n) is 6.97. The van der Waals surface area contributed by atoms with Crippen molar-refractivity contribution in [2.24, 2.45) is 10.8 Å². The van der Waals surface area contributed by atoms with E-state index in [0.29, 0.717) is 5.41 Å². The molecular weight excluding hydrogens is 208 g/mol. The monoisotopic (exact) mass is 234 g/mol. The second kappa shape index (κ2) is 4.61. The zero-order valence-corrected chi connectivity index (χ0v) is 11.6. The Morgan fingerprint density at radius 3 is 2.65 bits per heavy atom. The summed E-state index contributed by atoms with van der Waals surface area (Å²) in [6, 6.07) is 0. The quantitative estimate of drug-likeness (QED) is 0.709. The SMILES string of the molecule is CC1(/C=C/CO)CCC2=C(CCCC2(C)C)C1. The highest BCUT2D eigenvalue weighted by Crippen LogP contribution is 2.51. The minimum absolute atomic E-state index is 0.174. The first-order valence-corrected chi connectivity index (χ1v) is 6.97. The molecule has 0 radical (unpaired) electrons. The topological polar surface area (TPSA) is 20.2 Å². The normalized spacial score (nSPS) is 32.9. The first kappa shape index (κ1) is 12.9. The fourth-order valence-electron chi connectivity index (χ4n) is 3.70. The predicted molar refractivity (Wildman–Crippen MR) is 72.8 cm³/mol. The van der Waals surface area contributed by atoms with Crippen molar-refractivity contribution in [1.29, 1.82) is 0 Å². The van der Waals surface area contributed by atoms with E-state index >= 15 is 0 Å². The van der Waals surface area contributed by atoms with Crippen LogP contribution in [-0.2, 0) is 0 Å². The van der Waals surface area contributed by atoms with Crippen LogP contribution in [0.1, 0.15) is 59.3 Å². The van der Waals surface area contributed by atoms with Crippen LogP contribution in [0, 0.1) is 10.8 Å². The van der Waals surface area contributed by atoms with Gasteiger partial charge in [0.15, 0.2) is 0 Å². The minimum Gasteiger partial charge on any atom is -0.392 e. The van der Waals surface area contributed by atoms with Gasteiger partial charge in [-0.3, -0.25) is 0 Å². The molecule has 2 rings (SSSR count). The number of hydrogen-bond acceptors (Lipinski definition) is 1. The zero-order valence-electron chi connectivity index (χ0n) is 11.6. The predicted octanol–water partition coefficient (Wildman–Crippen LogP) is 4.23. The summed E-state index contributed by atoms with van der Waals surface area (Å²) in [5.41, 5.74) is 4.20. The molecule has 96 valence electrons. The second-order valence-corrected chi connectivity index (χ2v) is 6.74. The van der Waals surface area contributed by atoms with Gasteiger partial charge in [0.1, 0.15) is 0 Å². The molecule has 0 heterocycles. The lowest BCUT2D eigenvalue weighted by Crippen LogP contribution is -2.29. The molecule has 0 amide bonds. The molecule has 1 atom stereocenters. The van der Waals surface area contributed by atoms with Gasteiger partial charge in [-0.1, -0.05) is 44.1 Å². The van der Waals surface area contributed by atoms with Crippen molar-refractivity contribution < 1.29 is 5.11 Å². The average molecular weight is 234 g/mol. The first-order chi connectivity index (χ1) is 7.97. The molecule has 0 aliphatic heterocycles. The van der Waals surface area contributed by atoms with Gasteiger partial charge in [0.25, 0.3) is 0 Å². The molecule has 0 spiro atoms. The molecule has 1 N–H and O–H groups in total. The Morgan fingerprint density at radius 2 is 1.94 bits per heavy atom. The lowest BCUT2D eigenvalue weighted by Gasteiger charge is -2.43. The maximum Gasteiger partial charge on any atom is 0.0612 e. The van der Waals surface area contributed by atoms with Crippen molar-refractivity contribution in [3.05, 3.63) is 23.3 Å². The largest absolute Gasteiger partial charge is 0.392 e. The van der Waals surface area contributed by atoms with E-state index in [2.05, 4.69) is 26.8 Å². The maximum absolute atomic E-state index is 8.93. The molecule has 1 unspecified atom stereocenters. The number of hydrogen-bond donors (Lipinski definition) is 1. The van der Waals surface area contributed by atoms with E-state index in [0.717, 1.165) is 0 Å². The molecule has 17 heavy (non-hydrogen) atoms. The van der Waals surface area contributed by atoms with Crippen LogP contribution < -0.4 is 0 Å². The van der Waals surface area contributed by atoms with Gasteiger partial charge in [-0.2, -0.15) is 0 Å². The Balaban J connectivity index is 2.21. The van der Waals surface area contributed by atoms with Crippen LogP contribution in [0.25, 0.3) is 0 Å². The van der Waals surface area contributed by atoms with E-state index in [1.807, 2.05) is 6.08 Å². The highest BCUT2D eigenvalue weighted by molar-refractivity contribution is 5.29. The van der Waals surface area contributed by atoms with Gasteiger partial charge < -0.3 is 5.11 Å². The third-order valence-electron chi connectivity index (χ3n) is 4.71. The van der Waals surface area contributed by atoms with E-state index in [1.54, 1.807) is 11.1 Å². The molecule has 2 aliphatic carbocycles. The lowest BCUT2D eigenvalue weighted by atomic mass is 9.62. The molecule has 0 aromatic rings. The summed E-state index contributed by atoms with van der Waals surface area (Å²) < 4.78 is 0.